The number of amides is 1. The molecule has 0 saturated heterocycles. The third kappa shape index (κ3) is 6.85. The smallest absolute Gasteiger partial charge is 0.419 e. The molecule has 202 valence electrons. The van der Waals surface area contributed by atoms with Gasteiger partial charge in [0, 0.05) is 25.0 Å². The molecule has 0 N–H and O–H groups in total. The van der Waals surface area contributed by atoms with E-state index in [9.17, 15) is 18.0 Å². The standard InChI is InChI=1S/C26H32ClF3N4O3/c1-16(2)14-25(6,33(7)23(35)37-24(3,4)5)15-36-20-9-8-17(12-19(20)26(28,29)30)18-13-21(27)32-34-11-10-31-22(18)34/h8-13,16H,14-15H2,1-7H3/t25-/m0/s1. The van der Waals surface area contributed by atoms with Crippen molar-refractivity contribution in [2.24, 2.45) is 5.92 Å². The van der Waals surface area contributed by atoms with Gasteiger partial charge in [-0.3, -0.25) is 0 Å². The Hall–Kier alpha value is -3.01. The number of hydrogen-bond acceptors (Lipinski definition) is 5. The Morgan fingerprint density at radius 1 is 1.16 bits per heavy atom. The molecule has 0 spiro atoms. The highest BCUT2D eigenvalue weighted by Gasteiger charge is 2.39. The van der Waals surface area contributed by atoms with E-state index in [1.165, 1.54) is 33.8 Å². The second kappa shape index (κ2) is 10.4. The maximum atomic E-state index is 14.2. The number of benzene rings is 1. The molecule has 0 aliphatic rings. The third-order valence-electron chi connectivity index (χ3n) is 5.79. The van der Waals surface area contributed by atoms with Gasteiger partial charge in [-0.2, -0.15) is 18.3 Å². The Morgan fingerprint density at radius 3 is 2.43 bits per heavy atom. The summed E-state index contributed by atoms with van der Waals surface area (Å²) in [6.45, 7) is 10.8. The van der Waals surface area contributed by atoms with Crippen LogP contribution in [0, 0.1) is 5.92 Å². The molecule has 0 unspecified atom stereocenters. The molecule has 1 atom stereocenters. The summed E-state index contributed by atoms with van der Waals surface area (Å²) < 4.78 is 55.1. The Bertz CT molecular complexity index is 1270. The van der Waals surface area contributed by atoms with Crippen LogP contribution in [-0.4, -0.2) is 50.4 Å². The number of carbonyl (C=O) groups is 1. The summed E-state index contributed by atoms with van der Waals surface area (Å²) in [6, 6.07) is 5.26. The van der Waals surface area contributed by atoms with Gasteiger partial charge in [-0.15, -0.1) is 0 Å². The molecule has 2 aromatic heterocycles. The zero-order valence-electron chi connectivity index (χ0n) is 22.0. The Labute approximate surface area is 219 Å². The number of hydrogen-bond donors (Lipinski definition) is 0. The first-order valence-corrected chi connectivity index (χ1v) is 12.2. The van der Waals surface area contributed by atoms with Crippen LogP contribution in [0.5, 0.6) is 5.75 Å². The predicted octanol–water partition coefficient (Wildman–Crippen LogP) is 7.12. The lowest BCUT2D eigenvalue weighted by atomic mass is 9.90. The second-order valence-corrected chi connectivity index (χ2v) is 11.1. The number of fused-ring (bicyclic) bond motifs is 1. The van der Waals surface area contributed by atoms with E-state index in [1.807, 2.05) is 13.8 Å². The van der Waals surface area contributed by atoms with Crippen LogP contribution in [0.3, 0.4) is 0 Å². The van der Waals surface area contributed by atoms with Crippen LogP contribution in [0.4, 0.5) is 18.0 Å². The van der Waals surface area contributed by atoms with Gasteiger partial charge in [0.25, 0.3) is 0 Å². The lowest BCUT2D eigenvalue weighted by Crippen LogP contribution is -2.53. The molecule has 2 heterocycles. The van der Waals surface area contributed by atoms with Crippen molar-refractivity contribution in [1.29, 1.82) is 0 Å². The van der Waals surface area contributed by atoms with Crippen LogP contribution in [-0.2, 0) is 10.9 Å². The molecular weight excluding hydrogens is 509 g/mol. The predicted molar refractivity (Wildman–Crippen MR) is 136 cm³/mol. The summed E-state index contributed by atoms with van der Waals surface area (Å²) in [4.78, 5) is 18.4. The van der Waals surface area contributed by atoms with Gasteiger partial charge in [-0.05, 0) is 63.8 Å². The molecule has 0 radical (unpaired) electrons. The van der Waals surface area contributed by atoms with Crippen molar-refractivity contribution in [3.8, 4) is 16.9 Å². The fourth-order valence-corrected chi connectivity index (χ4v) is 4.29. The molecule has 0 aliphatic heterocycles. The zero-order chi connectivity index (χ0) is 27.8. The lowest BCUT2D eigenvalue weighted by molar-refractivity contribution is -0.139. The molecule has 1 aromatic carbocycles. The van der Waals surface area contributed by atoms with Crippen LogP contribution in [0.2, 0.25) is 5.15 Å². The van der Waals surface area contributed by atoms with Gasteiger partial charge in [-0.25, -0.2) is 14.3 Å². The molecule has 0 bridgehead atoms. The minimum atomic E-state index is -4.70. The highest BCUT2D eigenvalue weighted by molar-refractivity contribution is 6.29. The second-order valence-electron chi connectivity index (χ2n) is 10.7. The largest absolute Gasteiger partial charge is 0.491 e. The number of ether oxygens (including phenoxy) is 2. The summed E-state index contributed by atoms with van der Waals surface area (Å²) in [5.74, 6) is -0.209. The fourth-order valence-electron chi connectivity index (χ4n) is 4.10. The Morgan fingerprint density at radius 2 is 1.84 bits per heavy atom. The fraction of sp³-hybridized carbons (Fsp3) is 0.500. The number of carbonyl (C=O) groups excluding carboxylic acids is 1. The van der Waals surface area contributed by atoms with Crippen LogP contribution in [0.25, 0.3) is 16.8 Å². The molecule has 1 amide bonds. The average molecular weight is 541 g/mol. The van der Waals surface area contributed by atoms with E-state index in [-0.39, 0.29) is 29.0 Å². The molecule has 37 heavy (non-hydrogen) atoms. The summed E-state index contributed by atoms with van der Waals surface area (Å²) in [6.07, 6.45) is -1.75. The van der Waals surface area contributed by atoms with E-state index in [0.29, 0.717) is 17.6 Å². The number of nitrogens with zero attached hydrogens (tertiary/aromatic N) is 4. The summed E-state index contributed by atoms with van der Waals surface area (Å²) in [5, 5.41) is 4.19. The first-order valence-electron chi connectivity index (χ1n) is 11.8. The zero-order valence-corrected chi connectivity index (χ0v) is 22.7. The summed E-state index contributed by atoms with van der Waals surface area (Å²) in [5.41, 5.74) is -1.57. The molecule has 11 heteroatoms. The van der Waals surface area contributed by atoms with Crippen molar-refractivity contribution in [2.75, 3.05) is 13.7 Å². The van der Waals surface area contributed by atoms with Gasteiger partial charge >= 0.3 is 12.3 Å². The van der Waals surface area contributed by atoms with E-state index in [4.69, 9.17) is 21.1 Å². The normalized spacial score (nSPS) is 14.1. The van der Waals surface area contributed by atoms with Crippen molar-refractivity contribution in [3.63, 3.8) is 0 Å². The number of aromatic nitrogens is 3. The summed E-state index contributed by atoms with van der Waals surface area (Å²) >= 11 is 6.08. The first kappa shape index (κ1) is 28.6. The van der Waals surface area contributed by atoms with Crippen molar-refractivity contribution >= 4 is 23.3 Å². The maximum Gasteiger partial charge on any atom is 0.419 e. The monoisotopic (exact) mass is 540 g/mol. The number of imidazole rings is 1. The molecule has 3 aromatic rings. The molecule has 0 aliphatic carbocycles. The van der Waals surface area contributed by atoms with E-state index < -0.39 is 29.0 Å². The minimum Gasteiger partial charge on any atom is -0.491 e. The van der Waals surface area contributed by atoms with E-state index in [1.54, 1.807) is 40.9 Å². The van der Waals surface area contributed by atoms with Crippen molar-refractivity contribution in [2.45, 2.75) is 65.3 Å². The van der Waals surface area contributed by atoms with Gasteiger partial charge in [-0.1, -0.05) is 31.5 Å². The number of alkyl halides is 3. The van der Waals surface area contributed by atoms with Crippen LogP contribution in [0.1, 0.15) is 53.5 Å². The van der Waals surface area contributed by atoms with Gasteiger partial charge < -0.3 is 14.4 Å². The number of halogens is 4. The van der Waals surface area contributed by atoms with Gasteiger partial charge in [0.1, 0.15) is 18.0 Å². The molecule has 7 nitrogen and oxygen atoms in total. The van der Waals surface area contributed by atoms with Crippen molar-refractivity contribution < 1.29 is 27.4 Å². The van der Waals surface area contributed by atoms with Crippen LogP contribution in [0.15, 0.2) is 36.7 Å². The first-order chi connectivity index (χ1) is 17.0. The van der Waals surface area contributed by atoms with Crippen LogP contribution >= 0.6 is 11.6 Å². The van der Waals surface area contributed by atoms with Crippen LogP contribution < -0.4 is 4.74 Å². The Balaban J connectivity index is 1.97. The van der Waals surface area contributed by atoms with Gasteiger partial charge in [0.05, 0.1) is 11.1 Å². The SMILES string of the molecule is CC(C)C[C@@](C)(COc1ccc(-c2cc(Cl)nn3ccnc23)cc1C(F)(F)F)N(C)C(=O)OC(C)(C)C. The third-order valence-corrected chi connectivity index (χ3v) is 5.97. The topological polar surface area (TPSA) is 69.0 Å². The highest BCUT2D eigenvalue weighted by atomic mass is 35.5. The number of rotatable bonds is 7. The van der Waals surface area contributed by atoms with Gasteiger partial charge in [0.15, 0.2) is 10.8 Å². The maximum absolute atomic E-state index is 14.2. The highest BCUT2D eigenvalue weighted by Crippen LogP contribution is 2.40. The quantitative estimate of drug-likeness (QED) is 0.319. The van der Waals surface area contributed by atoms with E-state index in [0.717, 1.165) is 6.07 Å². The lowest BCUT2D eigenvalue weighted by Gasteiger charge is -2.40. The van der Waals surface area contributed by atoms with Crippen molar-refractivity contribution in [3.05, 3.63) is 47.4 Å². The van der Waals surface area contributed by atoms with E-state index in [2.05, 4.69) is 10.1 Å². The molecule has 0 saturated carbocycles. The van der Waals surface area contributed by atoms with E-state index >= 15 is 0 Å². The van der Waals surface area contributed by atoms with Crippen molar-refractivity contribution in [1.82, 2.24) is 19.5 Å². The summed E-state index contributed by atoms with van der Waals surface area (Å²) in [7, 11) is 1.57. The average Bonchev–Trinajstić information content (AvgIpc) is 3.22. The molecular formula is C26H32ClF3N4O3. The minimum absolute atomic E-state index is 0.115. The molecule has 3 rings (SSSR count). The Kier molecular flexibility index (Phi) is 8.02. The molecule has 0 fully saturated rings. The number of likely N-dealkylation sites (N-methyl/N-ethyl adjacent to an activating group) is 1. The van der Waals surface area contributed by atoms with Gasteiger partial charge in [0.2, 0.25) is 0 Å².